The summed E-state index contributed by atoms with van der Waals surface area (Å²) in [6.45, 7) is 6.01. The molecule has 142 valence electrons. The zero-order valence-electron chi connectivity index (χ0n) is 16.5. The molecule has 1 aliphatic carbocycles. The van der Waals surface area contributed by atoms with Gasteiger partial charge in [-0.05, 0) is 44.4 Å². The molecule has 0 radical (unpaired) electrons. The van der Waals surface area contributed by atoms with Crippen LogP contribution in [-0.4, -0.2) is 52.7 Å². The van der Waals surface area contributed by atoms with E-state index in [0.717, 1.165) is 43.7 Å². The van der Waals surface area contributed by atoms with Crippen molar-refractivity contribution in [2.24, 2.45) is 5.92 Å². The number of hydrogen-bond acceptors (Lipinski definition) is 4. The standard InChI is InChI=1S/C20H30N4O2/c1-14(2)12-24-18-9-8-15(23(5)13-16-7-6-10-26-16)11-17(18)19(21-24)20(25)22(3)4/h6-7,10,14-15H,8-9,11-13H2,1-5H3/t15-/m1/s1. The Bertz CT molecular complexity index is 746. The molecule has 1 aliphatic rings. The second kappa shape index (κ2) is 7.66. The van der Waals surface area contributed by atoms with Crippen LogP contribution in [0.1, 0.15) is 47.8 Å². The summed E-state index contributed by atoms with van der Waals surface area (Å²) in [4.78, 5) is 16.6. The smallest absolute Gasteiger partial charge is 0.274 e. The number of fused-ring (bicyclic) bond motifs is 1. The molecule has 3 rings (SSSR count). The van der Waals surface area contributed by atoms with Crippen molar-refractivity contribution >= 4 is 5.91 Å². The van der Waals surface area contributed by atoms with Gasteiger partial charge in [0.2, 0.25) is 0 Å². The maximum Gasteiger partial charge on any atom is 0.274 e. The predicted octanol–water partition coefficient (Wildman–Crippen LogP) is 2.82. The average molecular weight is 358 g/mol. The third-order valence-electron chi connectivity index (χ3n) is 5.08. The Labute approximate surface area is 155 Å². The highest BCUT2D eigenvalue weighted by molar-refractivity contribution is 5.93. The number of amides is 1. The van der Waals surface area contributed by atoms with Crippen molar-refractivity contribution in [1.82, 2.24) is 19.6 Å². The highest BCUT2D eigenvalue weighted by atomic mass is 16.3. The van der Waals surface area contributed by atoms with Gasteiger partial charge in [0, 0.05) is 37.9 Å². The lowest BCUT2D eigenvalue weighted by molar-refractivity contribution is 0.0819. The molecule has 6 nitrogen and oxygen atoms in total. The van der Waals surface area contributed by atoms with Gasteiger partial charge in [-0.1, -0.05) is 13.8 Å². The first kappa shape index (κ1) is 18.7. The molecule has 0 N–H and O–H groups in total. The second-order valence-corrected chi connectivity index (χ2v) is 7.94. The fourth-order valence-corrected chi connectivity index (χ4v) is 3.70. The number of likely N-dealkylation sites (N-methyl/N-ethyl adjacent to an activating group) is 1. The number of nitrogens with zero attached hydrogens (tertiary/aromatic N) is 4. The maximum absolute atomic E-state index is 12.7. The van der Waals surface area contributed by atoms with Crippen LogP contribution in [-0.2, 0) is 25.9 Å². The summed E-state index contributed by atoms with van der Waals surface area (Å²) in [5, 5.41) is 4.71. The molecule has 2 aromatic heterocycles. The zero-order valence-corrected chi connectivity index (χ0v) is 16.5. The third kappa shape index (κ3) is 3.85. The number of furan rings is 1. The molecule has 1 atom stereocenters. The van der Waals surface area contributed by atoms with Crippen LogP contribution in [0.4, 0.5) is 0 Å². The summed E-state index contributed by atoms with van der Waals surface area (Å²) in [7, 11) is 5.71. The molecular weight excluding hydrogens is 328 g/mol. The van der Waals surface area contributed by atoms with Gasteiger partial charge in [0.1, 0.15) is 5.76 Å². The van der Waals surface area contributed by atoms with Crippen LogP contribution in [0, 0.1) is 5.92 Å². The largest absolute Gasteiger partial charge is 0.468 e. The summed E-state index contributed by atoms with van der Waals surface area (Å²) < 4.78 is 7.56. The Kier molecular flexibility index (Phi) is 5.51. The van der Waals surface area contributed by atoms with E-state index < -0.39 is 0 Å². The number of carbonyl (C=O) groups excluding carboxylic acids is 1. The van der Waals surface area contributed by atoms with Crippen molar-refractivity contribution in [3.8, 4) is 0 Å². The lowest BCUT2D eigenvalue weighted by atomic mass is 9.90. The van der Waals surface area contributed by atoms with E-state index in [2.05, 4.69) is 30.5 Å². The Morgan fingerprint density at radius 3 is 2.77 bits per heavy atom. The molecule has 0 bridgehead atoms. The molecule has 6 heteroatoms. The molecule has 2 heterocycles. The van der Waals surface area contributed by atoms with E-state index in [4.69, 9.17) is 9.52 Å². The lowest BCUT2D eigenvalue weighted by Crippen LogP contribution is -2.37. The van der Waals surface area contributed by atoms with Crippen LogP contribution < -0.4 is 0 Å². The van der Waals surface area contributed by atoms with Crippen molar-refractivity contribution in [2.75, 3.05) is 21.1 Å². The van der Waals surface area contributed by atoms with Gasteiger partial charge in [0.15, 0.2) is 5.69 Å². The van der Waals surface area contributed by atoms with Gasteiger partial charge in [-0.25, -0.2) is 0 Å². The third-order valence-corrected chi connectivity index (χ3v) is 5.08. The van der Waals surface area contributed by atoms with E-state index in [9.17, 15) is 4.79 Å². The van der Waals surface area contributed by atoms with Crippen LogP contribution in [0.3, 0.4) is 0 Å². The van der Waals surface area contributed by atoms with Gasteiger partial charge in [-0.3, -0.25) is 14.4 Å². The minimum absolute atomic E-state index is 0.00177. The number of rotatable bonds is 6. The van der Waals surface area contributed by atoms with Gasteiger partial charge in [0.25, 0.3) is 5.91 Å². The van der Waals surface area contributed by atoms with Crippen molar-refractivity contribution in [3.05, 3.63) is 41.1 Å². The molecule has 1 amide bonds. The summed E-state index contributed by atoms with van der Waals surface area (Å²) in [5.74, 6) is 1.47. The Balaban J connectivity index is 1.85. The minimum Gasteiger partial charge on any atom is -0.468 e. The minimum atomic E-state index is -0.00177. The highest BCUT2D eigenvalue weighted by Gasteiger charge is 2.31. The van der Waals surface area contributed by atoms with Crippen molar-refractivity contribution in [1.29, 1.82) is 0 Å². The zero-order chi connectivity index (χ0) is 18.8. The van der Waals surface area contributed by atoms with E-state index in [1.807, 2.05) is 12.1 Å². The SMILES string of the molecule is CC(C)Cn1nc(C(=O)N(C)C)c2c1CC[C@@H](N(C)Cc1ccco1)C2. The van der Waals surface area contributed by atoms with Crippen LogP contribution in [0.2, 0.25) is 0 Å². The van der Waals surface area contributed by atoms with Gasteiger partial charge in [0.05, 0.1) is 12.8 Å². The predicted molar refractivity (Wildman–Crippen MR) is 101 cm³/mol. The average Bonchev–Trinajstić information content (AvgIpc) is 3.21. The van der Waals surface area contributed by atoms with E-state index in [1.54, 1.807) is 25.3 Å². The summed E-state index contributed by atoms with van der Waals surface area (Å²) in [6.07, 6.45) is 4.61. The fourth-order valence-electron chi connectivity index (χ4n) is 3.70. The Morgan fingerprint density at radius 1 is 1.38 bits per heavy atom. The normalized spacial score (nSPS) is 17.0. The van der Waals surface area contributed by atoms with Crippen molar-refractivity contribution in [3.63, 3.8) is 0 Å². The van der Waals surface area contributed by atoms with Crippen LogP contribution in [0.25, 0.3) is 0 Å². The van der Waals surface area contributed by atoms with Crippen molar-refractivity contribution < 1.29 is 9.21 Å². The Morgan fingerprint density at radius 2 is 2.15 bits per heavy atom. The molecule has 0 aliphatic heterocycles. The molecule has 26 heavy (non-hydrogen) atoms. The summed E-state index contributed by atoms with van der Waals surface area (Å²) in [6, 6.07) is 4.32. The van der Waals surface area contributed by atoms with Crippen LogP contribution >= 0.6 is 0 Å². The molecular formula is C20H30N4O2. The quantitative estimate of drug-likeness (QED) is 0.797. The number of aromatic nitrogens is 2. The molecule has 0 spiro atoms. The maximum atomic E-state index is 12.7. The first-order valence-corrected chi connectivity index (χ1v) is 9.39. The number of carbonyl (C=O) groups is 1. The first-order valence-electron chi connectivity index (χ1n) is 9.39. The molecule has 0 aromatic carbocycles. The molecule has 0 unspecified atom stereocenters. The van der Waals surface area contributed by atoms with E-state index in [0.29, 0.717) is 17.7 Å². The van der Waals surface area contributed by atoms with Crippen LogP contribution in [0.15, 0.2) is 22.8 Å². The van der Waals surface area contributed by atoms with Crippen molar-refractivity contribution in [2.45, 2.75) is 52.2 Å². The Hall–Kier alpha value is -2.08. The highest BCUT2D eigenvalue weighted by Crippen LogP contribution is 2.29. The van der Waals surface area contributed by atoms with Crippen LogP contribution in [0.5, 0.6) is 0 Å². The fraction of sp³-hybridized carbons (Fsp3) is 0.600. The topological polar surface area (TPSA) is 54.5 Å². The van der Waals surface area contributed by atoms with Gasteiger partial charge in [-0.15, -0.1) is 0 Å². The molecule has 2 aromatic rings. The van der Waals surface area contributed by atoms with E-state index in [-0.39, 0.29) is 5.91 Å². The molecule has 0 fully saturated rings. The summed E-state index contributed by atoms with van der Waals surface area (Å²) in [5.41, 5.74) is 3.00. The molecule has 0 saturated heterocycles. The van der Waals surface area contributed by atoms with Gasteiger partial charge >= 0.3 is 0 Å². The second-order valence-electron chi connectivity index (χ2n) is 7.94. The molecule has 0 saturated carbocycles. The van der Waals surface area contributed by atoms with E-state index in [1.165, 1.54) is 5.69 Å². The van der Waals surface area contributed by atoms with E-state index >= 15 is 0 Å². The monoisotopic (exact) mass is 358 g/mol. The first-order chi connectivity index (χ1) is 12.4. The summed E-state index contributed by atoms with van der Waals surface area (Å²) >= 11 is 0. The lowest BCUT2D eigenvalue weighted by Gasteiger charge is -2.31. The number of hydrogen-bond donors (Lipinski definition) is 0. The van der Waals surface area contributed by atoms with Gasteiger partial charge in [-0.2, -0.15) is 5.10 Å². The van der Waals surface area contributed by atoms with Gasteiger partial charge < -0.3 is 9.32 Å².